The molecule has 0 atom stereocenters. The number of nitrogens with zero attached hydrogens (tertiary/aromatic N) is 2. The molecule has 2 nitrogen and oxygen atoms in total. The lowest BCUT2D eigenvalue weighted by molar-refractivity contribution is 0.703. The predicted molar refractivity (Wildman–Crippen MR) is 77.8 cm³/mol. The van der Waals surface area contributed by atoms with Crippen LogP contribution in [-0.4, -0.2) is 32.5 Å². The second kappa shape index (κ2) is 4.98. The molecule has 0 heterocycles. The lowest BCUT2D eigenvalue weighted by Gasteiger charge is -2.17. The third-order valence-electron chi connectivity index (χ3n) is 2.62. The van der Waals surface area contributed by atoms with Crippen LogP contribution in [0.25, 0.3) is 10.8 Å². The van der Waals surface area contributed by atoms with Gasteiger partial charge >= 0.3 is 0 Å². The van der Waals surface area contributed by atoms with Crippen LogP contribution in [0.1, 0.15) is 0 Å². The van der Waals surface area contributed by atoms with Gasteiger partial charge in [-0.1, -0.05) is 24.3 Å². The van der Waals surface area contributed by atoms with Crippen molar-refractivity contribution in [3.63, 3.8) is 0 Å². The first-order valence-corrected chi connectivity index (χ1v) is 6.41. The molecule has 2 aromatic rings. The van der Waals surface area contributed by atoms with Crippen LogP contribution in [0.5, 0.6) is 0 Å². The summed E-state index contributed by atoms with van der Waals surface area (Å²) in [4.78, 5) is 3.46. The Morgan fingerprint density at radius 2 is 1.47 bits per heavy atom. The highest BCUT2D eigenvalue weighted by atomic mass is 32.2. The molecule has 2 aromatic carbocycles. The SMILES string of the molecule is CN(C)Sc1cccc2c(N(C)C)cccc12. The fraction of sp³-hybridized carbons (Fsp3) is 0.286. The molecule has 0 saturated heterocycles. The second-order valence-corrected chi connectivity index (χ2v) is 5.78. The van der Waals surface area contributed by atoms with Gasteiger partial charge in [0.2, 0.25) is 0 Å². The van der Waals surface area contributed by atoms with Gasteiger partial charge in [0.1, 0.15) is 0 Å². The quantitative estimate of drug-likeness (QED) is 0.766. The van der Waals surface area contributed by atoms with E-state index in [2.05, 4.69) is 73.8 Å². The van der Waals surface area contributed by atoms with Gasteiger partial charge < -0.3 is 4.90 Å². The molecule has 0 saturated carbocycles. The van der Waals surface area contributed by atoms with Crippen molar-refractivity contribution < 1.29 is 0 Å². The lowest BCUT2D eigenvalue weighted by Crippen LogP contribution is -2.09. The van der Waals surface area contributed by atoms with Crippen LogP contribution in [0.4, 0.5) is 5.69 Å². The molecular weight excluding hydrogens is 228 g/mol. The van der Waals surface area contributed by atoms with E-state index in [0.717, 1.165) is 0 Å². The summed E-state index contributed by atoms with van der Waals surface area (Å²) in [6.45, 7) is 0. The number of hydrogen-bond donors (Lipinski definition) is 0. The zero-order chi connectivity index (χ0) is 12.4. The molecule has 0 fully saturated rings. The van der Waals surface area contributed by atoms with Crippen molar-refractivity contribution in [2.75, 3.05) is 33.1 Å². The molecule has 0 aromatic heterocycles. The van der Waals surface area contributed by atoms with Crippen molar-refractivity contribution >= 4 is 28.4 Å². The fourth-order valence-corrected chi connectivity index (χ4v) is 2.74. The van der Waals surface area contributed by atoms with E-state index in [4.69, 9.17) is 0 Å². The van der Waals surface area contributed by atoms with Crippen LogP contribution in [0, 0.1) is 0 Å². The Hall–Kier alpha value is -1.19. The Balaban J connectivity index is 2.61. The first kappa shape index (κ1) is 12.3. The van der Waals surface area contributed by atoms with E-state index in [1.807, 2.05) is 0 Å². The largest absolute Gasteiger partial charge is 0.377 e. The molecule has 0 aliphatic heterocycles. The maximum atomic E-state index is 2.19. The maximum Gasteiger partial charge on any atom is 0.0441 e. The summed E-state index contributed by atoms with van der Waals surface area (Å²) in [5.74, 6) is 0. The molecule has 90 valence electrons. The highest BCUT2D eigenvalue weighted by molar-refractivity contribution is 7.97. The van der Waals surface area contributed by atoms with Gasteiger partial charge in [-0.05, 0) is 43.6 Å². The highest BCUT2D eigenvalue weighted by Crippen LogP contribution is 2.33. The molecular formula is C14H18N2S. The number of benzene rings is 2. The van der Waals surface area contributed by atoms with Crippen molar-refractivity contribution in [3.8, 4) is 0 Å². The van der Waals surface area contributed by atoms with Crippen molar-refractivity contribution in [2.45, 2.75) is 4.90 Å². The maximum absolute atomic E-state index is 2.19. The number of fused-ring (bicyclic) bond motifs is 1. The minimum atomic E-state index is 1.27. The molecule has 0 aliphatic rings. The van der Waals surface area contributed by atoms with E-state index in [9.17, 15) is 0 Å². The van der Waals surface area contributed by atoms with E-state index in [0.29, 0.717) is 0 Å². The van der Waals surface area contributed by atoms with Gasteiger partial charge in [-0.15, -0.1) is 0 Å². The Bertz CT molecular complexity index is 521. The van der Waals surface area contributed by atoms with Gasteiger partial charge in [0, 0.05) is 30.1 Å². The smallest absolute Gasteiger partial charge is 0.0441 e. The monoisotopic (exact) mass is 246 g/mol. The summed E-state index contributed by atoms with van der Waals surface area (Å²) < 4.78 is 2.12. The first-order chi connectivity index (χ1) is 8.09. The summed E-state index contributed by atoms with van der Waals surface area (Å²) >= 11 is 1.76. The summed E-state index contributed by atoms with van der Waals surface area (Å²) in [5, 5.41) is 2.63. The van der Waals surface area contributed by atoms with Crippen LogP contribution in [-0.2, 0) is 0 Å². The summed E-state index contributed by atoms with van der Waals surface area (Å²) in [6.07, 6.45) is 0. The van der Waals surface area contributed by atoms with Gasteiger partial charge in [-0.3, -0.25) is 4.31 Å². The average Bonchev–Trinajstić information content (AvgIpc) is 2.28. The van der Waals surface area contributed by atoms with Crippen LogP contribution in [0.15, 0.2) is 41.3 Å². The average molecular weight is 246 g/mol. The zero-order valence-corrected chi connectivity index (χ0v) is 11.6. The standard InChI is InChI=1S/C14H18N2S/c1-15(2)13-9-5-8-12-11(13)7-6-10-14(12)17-16(3)4/h5-10H,1-4H3. The van der Waals surface area contributed by atoms with E-state index in [1.54, 1.807) is 11.9 Å². The van der Waals surface area contributed by atoms with Gasteiger partial charge in [-0.2, -0.15) is 0 Å². The van der Waals surface area contributed by atoms with Crippen LogP contribution in [0.2, 0.25) is 0 Å². The van der Waals surface area contributed by atoms with Gasteiger partial charge in [-0.25, -0.2) is 0 Å². The Morgan fingerprint density at radius 1 is 0.824 bits per heavy atom. The van der Waals surface area contributed by atoms with E-state index < -0.39 is 0 Å². The third kappa shape index (κ3) is 2.56. The molecule has 0 aliphatic carbocycles. The van der Waals surface area contributed by atoms with Crippen molar-refractivity contribution in [3.05, 3.63) is 36.4 Å². The molecule has 17 heavy (non-hydrogen) atoms. The highest BCUT2D eigenvalue weighted by Gasteiger charge is 2.07. The molecule has 0 bridgehead atoms. The summed E-state index contributed by atoms with van der Waals surface area (Å²) in [6, 6.07) is 13.0. The molecule has 2 rings (SSSR count). The van der Waals surface area contributed by atoms with E-state index >= 15 is 0 Å². The van der Waals surface area contributed by atoms with Gasteiger partial charge in [0.15, 0.2) is 0 Å². The van der Waals surface area contributed by atoms with Crippen molar-refractivity contribution in [1.82, 2.24) is 4.31 Å². The number of anilines is 1. The van der Waals surface area contributed by atoms with E-state index in [1.165, 1.54) is 21.4 Å². The summed E-state index contributed by atoms with van der Waals surface area (Å²) in [7, 11) is 8.31. The fourth-order valence-electron chi connectivity index (χ4n) is 1.93. The molecule has 0 spiro atoms. The topological polar surface area (TPSA) is 6.48 Å². The predicted octanol–water partition coefficient (Wildman–Crippen LogP) is 3.47. The van der Waals surface area contributed by atoms with Crippen molar-refractivity contribution in [2.24, 2.45) is 0 Å². The van der Waals surface area contributed by atoms with Crippen LogP contribution in [0.3, 0.4) is 0 Å². The first-order valence-electron chi connectivity index (χ1n) is 5.64. The van der Waals surface area contributed by atoms with Crippen molar-refractivity contribution in [1.29, 1.82) is 0 Å². The molecule has 3 heteroatoms. The zero-order valence-electron chi connectivity index (χ0n) is 10.8. The molecule has 0 N–H and O–H groups in total. The molecule has 0 unspecified atom stereocenters. The number of hydrogen-bond acceptors (Lipinski definition) is 3. The summed E-state index contributed by atoms with van der Waals surface area (Å²) in [5.41, 5.74) is 1.27. The van der Waals surface area contributed by atoms with Crippen LogP contribution >= 0.6 is 11.9 Å². The lowest BCUT2D eigenvalue weighted by atomic mass is 10.1. The Morgan fingerprint density at radius 3 is 2.12 bits per heavy atom. The van der Waals surface area contributed by atoms with E-state index in [-0.39, 0.29) is 0 Å². The Kier molecular flexibility index (Phi) is 3.60. The normalized spacial score (nSPS) is 11.1. The van der Waals surface area contributed by atoms with Gasteiger partial charge in [0.25, 0.3) is 0 Å². The Labute approximate surface area is 107 Å². The number of rotatable bonds is 3. The minimum absolute atomic E-state index is 1.27. The second-order valence-electron chi connectivity index (χ2n) is 4.43. The van der Waals surface area contributed by atoms with Crippen LogP contribution < -0.4 is 4.90 Å². The minimum Gasteiger partial charge on any atom is -0.377 e. The third-order valence-corrected chi connectivity index (χ3v) is 3.54. The molecule has 0 radical (unpaired) electrons. The van der Waals surface area contributed by atoms with Gasteiger partial charge in [0.05, 0.1) is 0 Å². The molecule has 0 amide bonds.